The van der Waals surface area contributed by atoms with Gasteiger partial charge in [-0.1, -0.05) is 12.8 Å². The molecule has 0 spiro atoms. The van der Waals surface area contributed by atoms with Crippen molar-refractivity contribution in [3.8, 4) is 0 Å². The lowest BCUT2D eigenvalue weighted by Crippen LogP contribution is -2.36. The molecule has 0 amide bonds. The maximum absolute atomic E-state index is 9.90. The molecule has 6 heteroatoms. The molecule has 2 atom stereocenters. The first-order valence-electron chi connectivity index (χ1n) is 5.95. The van der Waals surface area contributed by atoms with Gasteiger partial charge in [-0.15, -0.1) is 0 Å². The van der Waals surface area contributed by atoms with Crippen LogP contribution in [0.4, 0.5) is 11.8 Å². The maximum Gasteiger partial charge on any atom is 0.239 e. The van der Waals surface area contributed by atoms with Gasteiger partial charge in [0, 0.05) is 11.8 Å². The lowest BCUT2D eigenvalue weighted by Gasteiger charge is -2.29. The number of anilines is 2. The number of nitrogen functional groups attached to an aromatic ring is 1. The Balaban J connectivity index is 2.11. The molecule has 17 heavy (non-hydrogen) atoms. The number of aryl methyl sites for hydroxylation is 1. The molecule has 0 bridgehead atoms. The van der Waals surface area contributed by atoms with E-state index in [0.29, 0.717) is 5.95 Å². The molecule has 1 fully saturated rings. The van der Waals surface area contributed by atoms with Gasteiger partial charge < -0.3 is 10.4 Å². The third-order valence-electron chi connectivity index (χ3n) is 3.15. The van der Waals surface area contributed by atoms with Crippen LogP contribution in [0, 0.1) is 6.92 Å². The van der Waals surface area contributed by atoms with Crippen LogP contribution in [-0.2, 0) is 0 Å². The van der Waals surface area contributed by atoms with Crippen LogP contribution in [0.3, 0.4) is 0 Å². The van der Waals surface area contributed by atoms with Crippen molar-refractivity contribution in [2.24, 2.45) is 5.84 Å². The van der Waals surface area contributed by atoms with Gasteiger partial charge in [0.2, 0.25) is 5.95 Å². The molecule has 1 aliphatic carbocycles. The highest BCUT2D eigenvalue weighted by Gasteiger charge is 2.23. The van der Waals surface area contributed by atoms with Crippen molar-refractivity contribution in [3.05, 3.63) is 11.8 Å². The summed E-state index contributed by atoms with van der Waals surface area (Å²) in [6, 6.07) is 0.0722. The second kappa shape index (κ2) is 5.29. The van der Waals surface area contributed by atoms with Crippen molar-refractivity contribution in [2.75, 3.05) is 10.7 Å². The number of aliphatic hydroxyl groups is 1. The lowest BCUT2D eigenvalue weighted by molar-refractivity contribution is 0.116. The Morgan fingerprint density at radius 3 is 2.88 bits per heavy atom. The van der Waals surface area contributed by atoms with E-state index in [0.717, 1.165) is 37.1 Å². The molecule has 6 nitrogen and oxygen atoms in total. The first-order chi connectivity index (χ1) is 8.20. The molecule has 1 heterocycles. The van der Waals surface area contributed by atoms with Crippen LogP contribution in [0.5, 0.6) is 0 Å². The Labute approximate surface area is 101 Å². The van der Waals surface area contributed by atoms with Gasteiger partial charge in [0.25, 0.3) is 0 Å². The van der Waals surface area contributed by atoms with Gasteiger partial charge in [-0.05, 0) is 19.8 Å². The van der Waals surface area contributed by atoms with E-state index in [2.05, 4.69) is 20.7 Å². The van der Waals surface area contributed by atoms with Crippen LogP contribution in [0.15, 0.2) is 6.20 Å². The third-order valence-corrected chi connectivity index (χ3v) is 3.15. The summed E-state index contributed by atoms with van der Waals surface area (Å²) >= 11 is 0. The largest absolute Gasteiger partial charge is 0.391 e. The minimum absolute atomic E-state index is 0.0722. The van der Waals surface area contributed by atoms with E-state index in [1.165, 1.54) is 0 Å². The predicted octanol–water partition coefficient (Wildman–Crippen LogP) is 0.786. The van der Waals surface area contributed by atoms with Crippen molar-refractivity contribution in [3.63, 3.8) is 0 Å². The van der Waals surface area contributed by atoms with E-state index in [-0.39, 0.29) is 12.1 Å². The number of aliphatic hydroxyl groups excluding tert-OH is 1. The summed E-state index contributed by atoms with van der Waals surface area (Å²) in [5.41, 5.74) is 3.36. The minimum atomic E-state index is -0.299. The molecule has 94 valence electrons. The highest BCUT2D eigenvalue weighted by Crippen LogP contribution is 2.23. The molecule has 0 aliphatic heterocycles. The van der Waals surface area contributed by atoms with E-state index in [4.69, 9.17) is 5.84 Å². The first kappa shape index (κ1) is 12.1. The molecule has 0 saturated heterocycles. The van der Waals surface area contributed by atoms with E-state index in [1.807, 2.05) is 6.92 Å². The van der Waals surface area contributed by atoms with Gasteiger partial charge in [0.1, 0.15) is 5.82 Å². The van der Waals surface area contributed by atoms with E-state index in [1.54, 1.807) is 6.20 Å². The van der Waals surface area contributed by atoms with Crippen molar-refractivity contribution < 1.29 is 5.11 Å². The molecule has 0 aromatic carbocycles. The molecule has 0 radical (unpaired) electrons. The van der Waals surface area contributed by atoms with Crippen LogP contribution in [0.2, 0.25) is 0 Å². The van der Waals surface area contributed by atoms with Gasteiger partial charge in [0.15, 0.2) is 0 Å². The van der Waals surface area contributed by atoms with Crippen molar-refractivity contribution in [1.29, 1.82) is 0 Å². The number of nitrogens with zero attached hydrogens (tertiary/aromatic N) is 2. The highest BCUT2D eigenvalue weighted by molar-refractivity contribution is 5.47. The van der Waals surface area contributed by atoms with Crippen LogP contribution < -0.4 is 16.6 Å². The molecule has 1 aromatic heterocycles. The van der Waals surface area contributed by atoms with Gasteiger partial charge >= 0.3 is 0 Å². The Bertz CT molecular complexity index is 384. The average Bonchev–Trinajstić information content (AvgIpc) is 2.35. The Morgan fingerprint density at radius 2 is 2.18 bits per heavy atom. The predicted molar refractivity (Wildman–Crippen MR) is 66.5 cm³/mol. The standard InChI is InChI=1S/C11H19N5O/c1-7-6-13-11(16-12)15-10(7)14-8-4-2-3-5-9(8)17/h6,8-9,17H,2-5,12H2,1H3,(H2,13,14,15,16). The van der Waals surface area contributed by atoms with Crippen molar-refractivity contribution in [1.82, 2.24) is 9.97 Å². The van der Waals surface area contributed by atoms with Crippen LogP contribution in [-0.4, -0.2) is 27.2 Å². The average molecular weight is 237 g/mol. The zero-order valence-electron chi connectivity index (χ0n) is 9.98. The van der Waals surface area contributed by atoms with Gasteiger partial charge in [-0.3, -0.25) is 5.43 Å². The number of hydrogen-bond donors (Lipinski definition) is 4. The smallest absolute Gasteiger partial charge is 0.239 e. The molecule has 2 rings (SSSR count). The summed E-state index contributed by atoms with van der Waals surface area (Å²) in [5.74, 6) is 6.39. The van der Waals surface area contributed by atoms with Gasteiger partial charge in [-0.2, -0.15) is 4.98 Å². The fourth-order valence-electron chi connectivity index (χ4n) is 2.11. The number of nitrogens with one attached hydrogen (secondary N) is 2. The summed E-state index contributed by atoms with van der Waals surface area (Å²) in [6.07, 6.45) is 5.46. The summed E-state index contributed by atoms with van der Waals surface area (Å²) < 4.78 is 0. The molecular formula is C11H19N5O. The maximum atomic E-state index is 9.90. The second-order valence-corrected chi connectivity index (χ2v) is 4.47. The van der Waals surface area contributed by atoms with E-state index >= 15 is 0 Å². The topological polar surface area (TPSA) is 96.1 Å². The third kappa shape index (κ3) is 2.83. The normalized spacial score (nSPS) is 24.4. The fourth-order valence-corrected chi connectivity index (χ4v) is 2.11. The van der Waals surface area contributed by atoms with E-state index < -0.39 is 0 Å². The second-order valence-electron chi connectivity index (χ2n) is 4.47. The summed E-state index contributed by atoms with van der Waals surface area (Å²) in [7, 11) is 0. The van der Waals surface area contributed by atoms with Gasteiger partial charge in [-0.25, -0.2) is 10.8 Å². The monoisotopic (exact) mass is 237 g/mol. The molecule has 1 saturated carbocycles. The zero-order valence-corrected chi connectivity index (χ0v) is 9.98. The number of rotatable bonds is 3. The summed E-state index contributed by atoms with van der Waals surface area (Å²) in [4.78, 5) is 8.27. The van der Waals surface area contributed by atoms with E-state index in [9.17, 15) is 5.11 Å². The van der Waals surface area contributed by atoms with Crippen molar-refractivity contribution in [2.45, 2.75) is 44.8 Å². The molecule has 1 aromatic rings. The fraction of sp³-hybridized carbons (Fsp3) is 0.636. The van der Waals surface area contributed by atoms with Crippen molar-refractivity contribution >= 4 is 11.8 Å². The van der Waals surface area contributed by atoms with Crippen LogP contribution in [0.25, 0.3) is 0 Å². The number of aromatic nitrogens is 2. The highest BCUT2D eigenvalue weighted by atomic mass is 16.3. The zero-order chi connectivity index (χ0) is 12.3. The lowest BCUT2D eigenvalue weighted by atomic mass is 9.92. The Hall–Kier alpha value is -1.40. The first-order valence-corrected chi connectivity index (χ1v) is 5.95. The molecule has 2 unspecified atom stereocenters. The Morgan fingerprint density at radius 1 is 1.41 bits per heavy atom. The molecule has 1 aliphatic rings. The number of hydrogen-bond acceptors (Lipinski definition) is 6. The van der Waals surface area contributed by atoms with Crippen LogP contribution in [0.1, 0.15) is 31.2 Å². The molecular weight excluding hydrogens is 218 g/mol. The number of hydrazine groups is 1. The van der Waals surface area contributed by atoms with Gasteiger partial charge in [0.05, 0.1) is 12.1 Å². The SMILES string of the molecule is Cc1cnc(NN)nc1NC1CCCCC1O. The minimum Gasteiger partial charge on any atom is -0.391 e. The summed E-state index contributed by atoms with van der Waals surface area (Å²) in [6.45, 7) is 1.93. The number of nitrogens with two attached hydrogens (primary N) is 1. The summed E-state index contributed by atoms with van der Waals surface area (Å²) in [5, 5.41) is 13.2. The molecule has 5 N–H and O–H groups in total. The quantitative estimate of drug-likeness (QED) is 0.458. The Kier molecular flexibility index (Phi) is 3.75. The van der Waals surface area contributed by atoms with Crippen LogP contribution >= 0.6 is 0 Å².